The van der Waals surface area contributed by atoms with Crippen molar-refractivity contribution in [2.45, 2.75) is 26.7 Å². The fraction of sp³-hybridized carbons (Fsp3) is 0.500. The summed E-state index contributed by atoms with van der Waals surface area (Å²) >= 11 is 0. The van der Waals surface area contributed by atoms with E-state index in [0.717, 1.165) is 30.6 Å². The number of aryl methyl sites for hydroxylation is 1. The van der Waals surface area contributed by atoms with Crippen molar-refractivity contribution in [2.24, 2.45) is 0 Å². The van der Waals surface area contributed by atoms with Crippen LogP contribution in [0.25, 0.3) is 0 Å². The maximum absolute atomic E-state index is 12.5. The largest absolute Gasteiger partial charge is 0.341 e. The van der Waals surface area contributed by atoms with Gasteiger partial charge in [-0.25, -0.2) is 0 Å². The van der Waals surface area contributed by atoms with E-state index in [4.69, 9.17) is 0 Å². The molecule has 2 amide bonds. The van der Waals surface area contributed by atoms with E-state index in [2.05, 4.69) is 0 Å². The van der Waals surface area contributed by atoms with Crippen LogP contribution in [0.1, 0.15) is 35.7 Å². The highest BCUT2D eigenvalue weighted by Gasteiger charge is 2.22. The van der Waals surface area contributed by atoms with Crippen molar-refractivity contribution in [1.82, 2.24) is 9.80 Å². The minimum absolute atomic E-state index is 0.0777. The summed E-state index contributed by atoms with van der Waals surface area (Å²) in [5.41, 5.74) is 1.77. The molecule has 0 radical (unpaired) electrons. The maximum atomic E-state index is 12.5. The van der Waals surface area contributed by atoms with Crippen molar-refractivity contribution < 1.29 is 9.59 Å². The van der Waals surface area contributed by atoms with E-state index in [9.17, 15) is 9.59 Å². The molecule has 0 aliphatic carbocycles. The third-order valence-corrected chi connectivity index (χ3v) is 3.81. The van der Waals surface area contributed by atoms with Crippen LogP contribution in [-0.2, 0) is 4.79 Å². The summed E-state index contributed by atoms with van der Waals surface area (Å²) in [7, 11) is 0. The number of hydrogen-bond donors (Lipinski definition) is 0. The van der Waals surface area contributed by atoms with Gasteiger partial charge in [0.15, 0.2) is 0 Å². The van der Waals surface area contributed by atoms with E-state index in [0.29, 0.717) is 19.5 Å². The standard InChI is InChI=1S/C16H22N2O2/c1-3-15(19)17-9-6-10-18(12-11-17)16(20)14-8-5-4-7-13(14)2/h4-5,7-8H,3,6,9-12H2,1-2H3. The SMILES string of the molecule is CCC(=O)N1CCCN(C(=O)c2ccccc2C)CC1. The molecule has 0 N–H and O–H groups in total. The first-order chi connectivity index (χ1) is 9.63. The molecule has 2 rings (SSSR count). The van der Waals surface area contributed by atoms with Crippen molar-refractivity contribution in [3.63, 3.8) is 0 Å². The molecule has 4 heteroatoms. The number of rotatable bonds is 2. The minimum Gasteiger partial charge on any atom is -0.341 e. The normalized spacial score (nSPS) is 15.9. The van der Waals surface area contributed by atoms with Crippen LogP contribution in [0.2, 0.25) is 0 Å². The molecule has 1 aliphatic rings. The average molecular weight is 274 g/mol. The lowest BCUT2D eigenvalue weighted by Gasteiger charge is -2.22. The van der Waals surface area contributed by atoms with Gasteiger partial charge in [0.2, 0.25) is 5.91 Å². The minimum atomic E-state index is 0.0777. The van der Waals surface area contributed by atoms with Crippen LogP contribution in [-0.4, -0.2) is 47.8 Å². The van der Waals surface area contributed by atoms with Gasteiger partial charge in [-0.05, 0) is 25.0 Å². The van der Waals surface area contributed by atoms with Crippen molar-refractivity contribution in [1.29, 1.82) is 0 Å². The average Bonchev–Trinajstić information content (AvgIpc) is 2.72. The number of benzene rings is 1. The molecule has 1 heterocycles. The monoisotopic (exact) mass is 274 g/mol. The van der Waals surface area contributed by atoms with Gasteiger partial charge in [0, 0.05) is 38.2 Å². The zero-order valence-electron chi connectivity index (χ0n) is 12.3. The molecule has 0 aromatic heterocycles. The van der Waals surface area contributed by atoms with E-state index >= 15 is 0 Å². The summed E-state index contributed by atoms with van der Waals surface area (Å²) < 4.78 is 0. The highest BCUT2D eigenvalue weighted by molar-refractivity contribution is 5.95. The van der Waals surface area contributed by atoms with Crippen molar-refractivity contribution in [2.75, 3.05) is 26.2 Å². The lowest BCUT2D eigenvalue weighted by Crippen LogP contribution is -2.37. The number of carbonyl (C=O) groups excluding carboxylic acids is 2. The Morgan fingerprint density at radius 3 is 2.40 bits per heavy atom. The second-order valence-electron chi connectivity index (χ2n) is 5.20. The third-order valence-electron chi connectivity index (χ3n) is 3.81. The fourth-order valence-electron chi connectivity index (χ4n) is 2.58. The second-order valence-corrected chi connectivity index (χ2v) is 5.20. The number of nitrogens with zero attached hydrogens (tertiary/aromatic N) is 2. The first kappa shape index (κ1) is 14.6. The second kappa shape index (κ2) is 6.55. The number of hydrogen-bond acceptors (Lipinski definition) is 2. The van der Waals surface area contributed by atoms with E-state index in [-0.39, 0.29) is 11.8 Å². The van der Waals surface area contributed by atoms with Crippen LogP contribution in [0.4, 0.5) is 0 Å². The molecular formula is C16H22N2O2. The van der Waals surface area contributed by atoms with Gasteiger partial charge < -0.3 is 9.80 Å². The molecule has 0 saturated carbocycles. The fourth-order valence-corrected chi connectivity index (χ4v) is 2.58. The lowest BCUT2D eigenvalue weighted by atomic mass is 10.1. The molecule has 0 atom stereocenters. The van der Waals surface area contributed by atoms with Gasteiger partial charge in [-0.3, -0.25) is 9.59 Å². The van der Waals surface area contributed by atoms with Gasteiger partial charge in [-0.2, -0.15) is 0 Å². The van der Waals surface area contributed by atoms with Crippen LogP contribution in [0.3, 0.4) is 0 Å². The topological polar surface area (TPSA) is 40.6 Å². The van der Waals surface area contributed by atoms with Crippen molar-refractivity contribution in [3.8, 4) is 0 Å². The highest BCUT2D eigenvalue weighted by Crippen LogP contribution is 2.13. The summed E-state index contributed by atoms with van der Waals surface area (Å²) in [5.74, 6) is 0.254. The Morgan fingerprint density at radius 1 is 1.05 bits per heavy atom. The van der Waals surface area contributed by atoms with Gasteiger partial charge >= 0.3 is 0 Å². The molecule has 1 aromatic carbocycles. The summed E-state index contributed by atoms with van der Waals surface area (Å²) in [6.45, 7) is 6.58. The number of amides is 2. The summed E-state index contributed by atoms with van der Waals surface area (Å²) in [6, 6.07) is 7.66. The zero-order valence-corrected chi connectivity index (χ0v) is 12.3. The third kappa shape index (κ3) is 3.18. The number of carbonyl (C=O) groups is 2. The van der Waals surface area contributed by atoms with Gasteiger partial charge in [0.25, 0.3) is 5.91 Å². The summed E-state index contributed by atoms with van der Waals surface area (Å²) in [5, 5.41) is 0. The molecule has 0 bridgehead atoms. The van der Waals surface area contributed by atoms with Crippen LogP contribution < -0.4 is 0 Å². The van der Waals surface area contributed by atoms with E-state index < -0.39 is 0 Å². The molecule has 0 unspecified atom stereocenters. The smallest absolute Gasteiger partial charge is 0.254 e. The van der Waals surface area contributed by atoms with Gasteiger partial charge in [-0.15, -0.1) is 0 Å². The predicted molar refractivity (Wildman–Crippen MR) is 78.6 cm³/mol. The van der Waals surface area contributed by atoms with Gasteiger partial charge in [0.1, 0.15) is 0 Å². The quantitative estimate of drug-likeness (QED) is 0.828. The summed E-state index contributed by atoms with van der Waals surface area (Å²) in [4.78, 5) is 28.0. The molecule has 1 aliphatic heterocycles. The first-order valence-corrected chi connectivity index (χ1v) is 7.26. The van der Waals surface area contributed by atoms with Crippen LogP contribution in [0.5, 0.6) is 0 Å². The predicted octanol–water partition coefficient (Wildman–Crippen LogP) is 2.08. The Hall–Kier alpha value is -1.84. The molecule has 1 fully saturated rings. The van der Waals surface area contributed by atoms with Crippen molar-refractivity contribution >= 4 is 11.8 Å². The van der Waals surface area contributed by atoms with Crippen LogP contribution >= 0.6 is 0 Å². The van der Waals surface area contributed by atoms with Crippen molar-refractivity contribution in [3.05, 3.63) is 35.4 Å². The Balaban J connectivity index is 2.05. The maximum Gasteiger partial charge on any atom is 0.254 e. The molecular weight excluding hydrogens is 252 g/mol. The zero-order chi connectivity index (χ0) is 14.5. The molecule has 0 spiro atoms. The van der Waals surface area contributed by atoms with Gasteiger partial charge in [0.05, 0.1) is 0 Å². The molecule has 1 aromatic rings. The molecule has 1 saturated heterocycles. The van der Waals surface area contributed by atoms with E-state index in [1.807, 2.05) is 47.9 Å². The van der Waals surface area contributed by atoms with Crippen LogP contribution in [0, 0.1) is 6.92 Å². The summed E-state index contributed by atoms with van der Waals surface area (Å²) in [6.07, 6.45) is 1.38. The molecule has 108 valence electrons. The Morgan fingerprint density at radius 2 is 1.70 bits per heavy atom. The Kier molecular flexibility index (Phi) is 4.77. The highest BCUT2D eigenvalue weighted by atomic mass is 16.2. The Bertz CT molecular complexity index is 499. The van der Waals surface area contributed by atoms with Gasteiger partial charge in [-0.1, -0.05) is 25.1 Å². The lowest BCUT2D eigenvalue weighted by molar-refractivity contribution is -0.130. The first-order valence-electron chi connectivity index (χ1n) is 7.26. The van der Waals surface area contributed by atoms with Crippen LogP contribution in [0.15, 0.2) is 24.3 Å². The van der Waals surface area contributed by atoms with E-state index in [1.165, 1.54) is 0 Å². The Labute approximate surface area is 120 Å². The molecule has 20 heavy (non-hydrogen) atoms. The van der Waals surface area contributed by atoms with E-state index in [1.54, 1.807) is 0 Å². The molecule has 4 nitrogen and oxygen atoms in total.